The van der Waals surface area contributed by atoms with Crippen molar-refractivity contribution in [1.82, 2.24) is 0 Å². The second-order valence-electron chi connectivity index (χ2n) is 40.5. The molecule has 114 heavy (non-hydrogen) atoms. The van der Waals surface area contributed by atoms with E-state index in [0.717, 1.165) is 186 Å². The van der Waals surface area contributed by atoms with Crippen molar-refractivity contribution in [2.24, 2.45) is 82.9 Å². The number of hydrogen-bond donors (Lipinski definition) is 0. The van der Waals surface area contributed by atoms with Crippen molar-refractivity contribution in [1.29, 1.82) is 0 Å². The van der Waals surface area contributed by atoms with Gasteiger partial charge in [0.25, 0.3) is 0 Å². The van der Waals surface area contributed by atoms with E-state index in [1.165, 1.54) is 205 Å². The van der Waals surface area contributed by atoms with Gasteiger partial charge < -0.3 is 0 Å². The summed E-state index contributed by atoms with van der Waals surface area (Å²) in [6, 6.07) is 18.2. The Kier molecular flexibility index (Phi) is 30.2. The largest absolute Gasteiger partial charge is 0.203 e. The van der Waals surface area contributed by atoms with Gasteiger partial charge in [0.15, 0.2) is 58.2 Å². The number of rotatable bonds is 13. The fraction of sp³-hybridized carbons (Fsp3) is 0.712. The minimum absolute atomic E-state index is 0.221. The maximum Gasteiger partial charge on any atom is 0.162 e. The zero-order valence-corrected chi connectivity index (χ0v) is 70.6. The van der Waals surface area contributed by atoms with Crippen LogP contribution in [0.15, 0.2) is 60.7 Å². The van der Waals surface area contributed by atoms with Crippen molar-refractivity contribution in [2.45, 2.75) is 384 Å². The van der Waals surface area contributed by atoms with Crippen LogP contribution in [0.3, 0.4) is 0 Å². The lowest BCUT2D eigenvalue weighted by molar-refractivity contribution is 0.152. The molecule has 13 aliphatic rings. The van der Waals surface area contributed by atoms with Gasteiger partial charge in [-0.2, -0.15) is 0 Å². The summed E-state index contributed by atoms with van der Waals surface area (Å²) >= 11 is 0. The standard InChI is InChI=1S/C24H34F2.2C22H30F2.2C18H24F2/c1-16-6-8-17(9-7-16)18-10-12-20(13-11-18)22-15-14-21(23(25)24(22)26)19-4-2-3-5-19;1-14-2-13-20(22(24)21(14)23)19-11-9-18(10-12-19)17-7-5-16(6-8-17)15-3-4-15;1-14-2-4-15(5-3-14)16-6-8-17(9-7-16)19-12-13-20(18-10-11-18)22(24)21(19)23;2*1-12-6-11-16(18(20)17(12)19)15-9-7-14(8-10-15)13-4-2-3-5-13/h14-20H,2-13H2,1H3;2,13,15-19H,3-12H2,1H3;12-18H,2-11H2,1H3;2*6,11,13-15H,2-5,7-10H2,1H3. The first-order chi connectivity index (χ1) is 55.2. The zero-order valence-electron chi connectivity index (χ0n) is 70.6. The topological polar surface area (TPSA) is 0 Å². The van der Waals surface area contributed by atoms with E-state index in [4.69, 9.17) is 0 Å². The first kappa shape index (κ1) is 85.8. The Labute approximate surface area is 681 Å². The molecule has 0 radical (unpaired) electrons. The van der Waals surface area contributed by atoms with E-state index in [1.807, 2.05) is 30.3 Å². The fourth-order valence-electron chi connectivity index (χ4n) is 25.5. The van der Waals surface area contributed by atoms with Crippen LogP contribution in [0.25, 0.3) is 0 Å². The molecule has 18 rings (SSSR count). The van der Waals surface area contributed by atoms with Gasteiger partial charge in [-0.25, -0.2) is 43.9 Å². The third-order valence-corrected chi connectivity index (χ3v) is 33.4. The molecule has 10 heteroatoms. The fourth-order valence-corrected chi connectivity index (χ4v) is 25.5. The lowest BCUT2D eigenvalue weighted by atomic mass is 9.68. The van der Waals surface area contributed by atoms with Crippen molar-refractivity contribution in [3.05, 3.63) is 174 Å². The third-order valence-electron chi connectivity index (χ3n) is 33.4. The van der Waals surface area contributed by atoms with Crippen LogP contribution >= 0.6 is 0 Å². The van der Waals surface area contributed by atoms with Gasteiger partial charge in [-0.3, -0.25) is 0 Å². The van der Waals surface area contributed by atoms with Crippen LogP contribution in [0, 0.1) is 162 Å². The average molecular weight is 1580 g/mol. The molecule has 0 nitrogen and oxygen atoms in total. The van der Waals surface area contributed by atoms with Gasteiger partial charge in [0.05, 0.1) is 0 Å². The number of benzene rings is 5. The first-order valence-corrected chi connectivity index (χ1v) is 47.5. The van der Waals surface area contributed by atoms with Crippen LogP contribution in [-0.4, -0.2) is 0 Å². The summed E-state index contributed by atoms with van der Waals surface area (Å²) in [6.07, 6.45) is 59.6. The third kappa shape index (κ3) is 21.2. The van der Waals surface area contributed by atoms with Crippen LogP contribution in [0.4, 0.5) is 43.9 Å². The number of hydrogen-bond acceptors (Lipinski definition) is 0. The monoisotopic (exact) mass is 1580 g/mol. The highest BCUT2D eigenvalue weighted by atomic mass is 19.2. The highest BCUT2D eigenvalue weighted by molar-refractivity contribution is 5.36. The van der Waals surface area contributed by atoms with E-state index in [1.54, 1.807) is 51.1 Å². The molecule has 0 bridgehead atoms. The Morgan fingerprint density at radius 1 is 0.158 bits per heavy atom. The molecule has 0 aliphatic heterocycles. The van der Waals surface area contributed by atoms with Gasteiger partial charge in [0.2, 0.25) is 0 Å². The summed E-state index contributed by atoms with van der Waals surface area (Å²) in [6.45, 7) is 9.63. The lowest BCUT2D eigenvalue weighted by Gasteiger charge is -2.38. The molecule has 0 aromatic heterocycles. The van der Waals surface area contributed by atoms with E-state index >= 15 is 0 Å². The van der Waals surface area contributed by atoms with E-state index in [9.17, 15) is 43.9 Å². The molecule has 628 valence electrons. The summed E-state index contributed by atoms with van der Waals surface area (Å²) in [7, 11) is 0. The Balaban J connectivity index is 0.000000118. The van der Waals surface area contributed by atoms with Crippen LogP contribution in [-0.2, 0) is 0 Å². The lowest BCUT2D eigenvalue weighted by Crippen LogP contribution is -2.26. The van der Waals surface area contributed by atoms with Crippen molar-refractivity contribution in [3.63, 3.8) is 0 Å². The SMILES string of the molecule is CC1CCC(C2CCC(c3ccc(C4CC4)c(F)c3F)CC2)CC1.CC1CCC(C2CCC(c3ccc(C4CCCC4)c(F)c3F)CC2)CC1.Cc1ccc(C2CCC(C3CCC(C4CC4)CC3)CC2)c(F)c1F.Cc1ccc(C2CCC(C3CCCC3)CC2)c(F)c1F.Cc1ccc(C2CCC(C3CCCC3)CC2)c(F)c1F. The average Bonchev–Trinajstić information content (AvgIpc) is 1.62. The van der Waals surface area contributed by atoms with Crippen molar-refractivity contribution < 1.29 is 43.9 Å². The first-order valence-electron chi connectivity index (χ1n) is 47.5. The molecule has 13 aliphatic carbocycles. The van der Waals surface area contributed by atoms with Crippen molar-refractivity contribution in [2.75, 3.05) is 0 Å². The van der Waals surface area contributed by atoms with Crippen molar-refractivity contribution in [3.8, 4) is 0 Å². The van der Waals surface area contributed by atoms with E-state index < -0.39 is 58.2 Å². The second kappa shape index (κ2) is 40.2. The molecular formula is C104H142F10. The molecule has 5 aromatic rings. The molecular weight excluding hydrogens is 1440 g/mol. The summed E-state index contributed by atoms with van der Waals surface area (Å²) in [4.78, 5) is 0. The summed E-state index contributed by atoms with van der Waals surface area (Å²) < 4.78 is 142. The Bertz CT molecular complexity index is 3750. The van der Waals surface area contributed by atoms with Gasteiger partial charge in [0.1, 0.15) is 0 Å². The Hall–Kier alpha value is -4.60. The maximum atomic E-state index is 14.8. The van der Waals surface area contributed by atoms with Crippen LogP contribution in [0.1, 0.15) is 419 Å². The summed E-state index contributed by atoms with van der Waals surface area (Å²) in [5, 5.41) is 0. The molecule has 5 aromatic carbocycles. The highest BCUT2D eigenvalue weighted by Crippen LogP contribution is 2.54. The quantitative estimate of drug-likeness (QED) is 0.103. The number of halogens is 10. The smallest absolute Gasteiger partial charge is 0.162 e. The molecule has 0 atom stereocenters. The van der Waals surface area contributed by atoms with E-state index in [0.29, 0.717) is 55.6 Å². The van der Waals surface area contributed by atoms with Crippen LogP contribution in [0.2, 0.25) is 0 Å². The van der Waals surface area contributed by atoms with Crippen LogP contribution < -0.4 is 0 Å². The predicted octanol–water partition coefficient (Wildman–Crippen LogP) is 32.9. The molecule has 13 fully saturated rings. The normalized spacial score (nSPS) is 31.9. The number of aryl methyl sites for hydroxylation is 3. The summed E-state index contributed by atoms with van der Waals surface area (Å²) in [5.74, 6) is 8.27. The van der Waals surface area contributed by atoms with E-state index in [-0.39, 0.29) is 41.4 Å². The zero-order chi connectivity index (χ0) is 79.7. The molecule has 0 N–H and O–H groups in total. The molecule has 0 spiro atoms. The van der Waals surface area contributed by atoms with Gasteiger partial charge in [0, 0.05) is 0 Å². The molecule has 13 saturated carbocycles. The summed E-state index contributed by atoms with van der Waals surface area (Å²) in [5.41, 5.74) is 5.61. The van der Waals surface area contributed by atoms with Gasteiger partial charge >= 0.3 is 0 Å². The van der Waals surface area contributed by atoms with Gasteiger partial charge in [-0.15, -0.1) is 0 Å². The second-order valence-corrected chi connectivity index (χ2v) is 40.5. The molecule has 0 amide bonds. The maximum absolute atomic E-state index is 14.8. The van der Waals surface area contributed by atoms with Crippen molar-refractivity contribution >= 4 is 0 Å². The Morgan fingerprint density at radius 3 is 0.482 bits per heavy atom. The Morgan fingerprint density at radius 2 is 0.289 bits per heavy atom. The minimum Gasteiger partial charge on any atom is -0.203 e. The van der Waals surface area contributed by atoms with Crippen LogP contribution in [0.5, 0.6) is 0 Å². The minimum atomic E-state index is -0.652. The predicted molar refractivity (Wildman–Crippen MR) is 447 cm³/mol. The van der Waals surface area contributed by atoms with Gasteiger partial charge in [-0.1, -0.05) is 164 Å². The molecule has 0 unspecified atom stereocenters. The highest BCUT2D eigenvalue weighted by Gasteiger charge is 2.41. The van der Waals surface area contributed by atoms with E-state index in [2.05, 4.69) is 13.8 Å². The molecule has 0 heterocycles. The molecule has 0 saturated heterocycles. The van der Waals surface area contributed by atoms with Gasteiger partial charge in [-0.05, 0) is 419 Å².